The van der Waals surface area contributed by atoms with E-state index in [1.807, 2.05) is 42.5 Å². The third kappa shape index (κ3) is 3.80. The van der Waals surface area contributed by atoms with E-state index in [-0.39, 0.29) is 18.0 Å². The van der Waals surface area contributed by atoms with Crippen molar-refractivity contribution >= 4 is 61.9 Å². The van der Waals surface area contributed by atoms with E-state index in [4.69, 9.17) is 12.2 Å². The SMILES string of the molecule is CC(=O)Nc1ccc(N2C(=S)N[C@H](c3ccccn3)[C@H]2c2ccc(Br)s2)cc1. The molecule has 0 unspecified atom stereocenters. The molecule has 0 spiro atoms. The van der Waals surface area contributed by atoms with Gasteiger partial charge in [0.05, 0.1) is 21.6 Å². The minimum Gasteiger partial charge on any atom is -0.351 e. The van der Waals surface area contributed by atoms with Crippen LogP contribution in [-0.2, 0) is 4.79 Å². The summed E-state index contributed by atoms with van der Waals surface area (Å²) in [5.74, 6) is -0.0948. The predicted octanol–water partition coefficient (Wildman–Crippen LogP) is 5.04. The zero-order chi connectivity index (χ0) is 19.7. The van der Waals surface area contributed by atoms with Crippen molar-refractivity contribution in [2.45, 2.75) is 19.0 Å². The Kier molecular flexibility index (Phi) is 5.43. The van der Waals surface area contributed by atoms with Crippen molar-refractivity contribution in [2.75, 3.05) is 10.2 Å². The fourth-order valence-electron chi connectivity index (χ4n) is 3.32. The van der Waals surface area contributed by atoms with Gasteiger partial charge in [0.2, 0.25) is 5.91 Å². The molecule has 2 atom stereocenters. The summed E-state index contributed by atoms with van der Waals surface area (Å²) in [5, 5.41) is 6.88. The number of amides is 1. The number of thiophene rings is 1. The molecule has 3 heterocycles. The van der Waals surface area contributed by atoms with Crippen LogP contribution in [0, 0.1) is 0 Å². The molecule has 1 aromatic carbocycles. The number of benzene rings is 1. The summed E-state index contributed by atoms with van der Waals surface area (Å²) in [5.41, 5.74) is 2.65. The van der Waals surface area contributed by atoms with Crippen LogP contribution < -0.4 is 15.5 Å². The van der Waals surface area contributed by atoms with Crippen LogP contribution in [0.3, 0.4) is 0 Å². The first-order valence-corrected chi connectivity index (χ1v) is 10.7. The van der Waals surface area contributed by atoms with Gasteiger partial charge in [-0.3, -0.25) is 9.78 Å². The number of carbonyl (C=O) groups is 1. The Morgan fingerprint density at radius 2 is 2.00 bits per heavy atom. The molecule has 0 saturated carbocycles. The van der Waals surface area contributed by atoms with E-state index in [0.29, 0.717) is 5.11 Å². The van der Waals surface area contributed by atoms with E-state index in [9.17, 15) is 4.79 Å². The Bertz CT molecular complexity index is 1010. The van der Waals surface area contributed by atoms with Crippen LogP contribution in [-0.4, -0.2) is 16.0 Å². The maximum atomic E-state index is 11.3. The molecular weight excluding hydrogens is 456 g/mol. The maximum absolute atomic E-state index is 11.3. The van der Waals surface area contributed by atoms with E-state index in [0.717, 1.165) is 20.9 Å². The highest BCUT2D eigenvalue weighted by atomic mass is 79.9. The lowest BCUT2D eigenvalue weighted by atomic mass is 10.0. The molecular formula is C20H17BrN4OS2. The number of pyridine rings is 1. The number of thiocarbonyl (C=S) groups is 1. The van der Waals surface area contributed by atoms with Crippen LogP contribution in [0.5, 0.6) is 0 Å². The molecule has 2 N–H and O–H groups in total. The minimum atomic E-state index is -0.0948. The minimum absolute atomic E-state index is 0.0229. The fraction of sp³-hybridized carbons (Fsp3) is 0.150. The van der Waals surface area contributed by atoms with Crippen molar-refractivity contribution in [2.24, 2.45) is 0 Å². The molecule has 5 nitrogen and oxygen atoms in total. The van der Waals surface area contributed by atoms with Gasteiger partial charge in [-0.25, -0.2) is 0 Å². The Morgan fingerprint density at radius 1 is 1.21 bits per heavy atom. The number of anilines is 2. The number of hydrogen-bond donors (Lipinski definition) is 2. The first-order chi connectivity index (χ1) is 13.5. The number of hydrogen-bond acceptors (Lipinski definition) is 4. The van der Waals surface area contributed by atoms with Crippen molar-refractivity contribution < 1.29 is 4.79 Å². The second-order valence-electron chi connectivity index (χ2n) is 6.37. The van der Waals surface area contributed by atoms with Gasteiger partial charge < -0.3 is 15.5 Å². The zero-order valence-corrected chi connectivity index (χ0v) is 18.1. The lowest BCUT2D eigenvalue weighted by Gasteiger charge is -2.27. The van der Waals surface area contributed by atoms with E-state index in [1.54, 1.807) is 17.5 Å². The summed E-state index contributed by atoms with van der Waals surface area (Å²) < 4.78 is 1.07. The van der Waals surface area contributed by atoms with Crippen molar-refractivity contribution in [1.82, 2.24) is 10.3 Å². The monoisotopic (exact) mass is 472 g/mol. The van der Waals surface area contributed by atoms with Gasteiger partial charge in [-0.1, -0.05) is 6.07 Å². The number of nitrogens with zero attached hydrogens (tertiary/aromatic N) is 2. The van der Waals surface area contributed by atoms with Crippen LogP contribution in [0.25, 0.3) is 0 Å². The smallest absolute Gasteiger partial charge is 0.221 e. The van der Waals surface area contributed by atoms with Gasteiger partial charge in [0.15, 0.2) is 5.11 Å². The van der Waals surface area contributed by atoms with Crippen LogP contribution in [0.15, 0.2) is 64.6 Å². The van der Waals surface area contributed by atoms with Crippen molar-refractivity contribution in [3.63, 3.8) is 0 Å². The summed E-state index contributed by atoms with van der Waals surface area (Å²) in [6, 6.07) is 17.7. The predicted molar refractivity (Wildman–Crippen MR) is 121 cm³/mol. The third-order valence-electron chi connectivity index (χ3n) is 4.45. The molecule has 28 heavy (non-hydrogen) atoms. The lowest BCUT2D eigenvalue weighted by molar-refractivity contribution is -0.114. The molecule has 1 amide bonds. The Balaban J connectivity index is 1.74. The number of nitrogens with one attached hydrogen (secondary N) is 2. The molecule has 0 radical (unpaired) electrons. The van der Waals surface area contributed by atoms with Gasteiger partial charge in [0.1, 0.15) is 0 Å². The number of halogens is 1. The van der Waals surface area contributed by atoms with Crippen LogP contribution in [0.1, 0.15) is 29.6 Å². The van der Waals surface area contributed by atoms with Gasteiger partial charge in [-0.05, 0) is 76.7 Å². The molecule has 1 aliphatic rings. The van der Waals surface area contributed by atoms with Gasteiger partial charge >= 0.3 is 0 Å². The summed E-state index contributed by atoms with van der Waals surface area (Å²) >= 11 is 11.0. The molecule has 4 rings (SSSR count). The quantitative estimate of drug-likeness (QED) is 0.520. The standard InChI is InChI=1S/C20H17BrN4OS2/c1-12(26)23-13-5-7-14(8-6-13)25-19(16-9-10-17(21)28-16)18(24-20(25)27)15-4-2-3-11-22-15/h2-11,18-19H,1H3,(H,23,26)(H,24,27)/t18-,19-/m1/s1. The number of rotatable bonds is 4. The summed E-state index contributed by atoms with van der Waals surface area (Å²) in [4.78, 5) is 19.1. The Morgan fingerprint density at radius 3 is 2.61 bits per heavy atom. The molecule has 8 heteroatoms. The molecule has 2 aromatic heterocycles. The third-order valence-corrected chi connectivity index (χ3v) is 6.46. The molecule has 0 aliphatic carbocycles. The fourth-order valence-corrected chi connectivity index (χ4v) is 5.22. The normalized spacial score (nSPS) is 18.8. The highest BCUT2D eigenvalue weighted by molar-refractivity contribution is 9.11. The maximum Gasteiger partial charge on any atom is 0.221 e. The number of carbonyl (C=O) groups excluding carboxylic acids is 1. The van der Waals surface area contributed by atoms with Crippen molar-refractivity contribution in [1.29, 1.82) is 0 Å². The number of aromatic nitrogens is 1. The molecule has 142 valence electrons. The van der Waals surface area contributed by atoms with Gasteiger partial charge in [-0.2, -0.15) is 0 Å². The highest BCUT2D eigenvalue weighted by Gasteiger charge is 2.41. The molecule has 3 aromatic rings. The van der Waals surface area contributed by atoms with E-state index in [1.165, 1.54) is 11.8 Å². The van der Waals surface area contributed by atoms with E-state index in [2.05, 4.69) is 48.6 Å². The second kappa shape index (κ2) is 7.98. The Labute approximate surface area is 180 Å². The summed E-state index contributed by atoms with van der Waals surface area (Å²) in [6.45, 7) is 1.50. The average molecular weight is 473 g/mol. The largest absolute Gasteiger partial charge is 0.351 e. The first kappa shape index (κ1) is 19.0. The summed E-state index contributed by atoms with van der Waals surface area (Å²) in [6.07, 6.45) is 1.80. The van der Waals surface area contributed by atoms with Crippen molar-refractivity contribution in [3.8, 4) is 0 Å². The van der Waals surface area contributed by atoms with E-state index < -0.39 is 0 Å². The van der Waals surface area contributed by atoms with Gasteiger partial charge in [0, 0.05) is 29.4 Å². The molecule has 1 fully saturated rings. The highest BCUT2D eigenvalue weighted by Crippen LogP contribution is 2.44. The first-order valence-electron chi connectivity index (χ1n) is 8.66. The van der Waals surface area contributed by atoms with Crippen molar-refractivity contribution in [3.05, 3.63) is 75.2 Å². The van der Waals surface area contributed by atoms with Crippen LogP contribution in [0.2, 0.25) is 0 Å². The molecule has 1 aliphatic heterocycles. The van der Waals surface area contributed by atoms with Gasteiger partial charge in [-0.15, -0.1) is 11.3 Å². The Hall–Kier alpha value is -2.29. The second-order valence-corrected chi connectivity index (χ2v) is 9.25. The van der Waals surface area contributed by atoms with Crippen LogP contribution >= 0.6 is 39.5 Å². The van der Waals surface area contributed by atoms with Crippen LogP contribution in [0.4, 0.5) is 11.4 Å². The topological polar surface area (TPSA) is 57.3 Å². The van der Waals surface area contributed by atoms with E-state index >= 15 is 0 Å². The zero-order valence-electron chi connectivity index (χ0n) is 14.9. The summed E-state index contributed by atoms with van der Waals surface area (Å²) in [7, 11) is 0. The molecule has 0 bridgehead atoms. The lowest BCUT2D eigenvalue weighted by Crippen LogP contribution is -2.29. The average Bonchev–Trinajstić information content (AvgIpc) is 3.26. The molecule has 1 saturated heterocycles. The van der Waals surface area contributed by atoms with Gasteiger partial charge in [0.25, 0.3) is 0 Å².